The number of carboxylic acid groups (broad SMARTS) is 1. The number of aromatic nitrogens is 1. The van der Waals surface area contributed by atoms with Crippen LogP contribution in [0.15, 0.2) is 10.4 Å². The van der Waals surface area contributed by atoms with Crippen molar-refractivity contribution in [3.05, 3.63) is 11.2 Å². The molecule has 1 aromatic heterocycles. The molecule has 1 fully saturated rings. The fourth-order valence-electron chi connectivity index (χ4n) is 2.11. The van der Waals surface area contributed by atoms with Crippen molar-refractivity contribution < 1.29 is 18.3 Å². The van der Waals surface area contributed by atoms with Gasteiger partial charge < -0.3 is 5.11 Å². The smallest absolute Gasteiger partial charge is 0.307 e. The number of hydrogen-bond donors (Lipinski definition) is 2. The molecule has 1 aliphatic rings. The second kappa shape index (κ2) is 3.50. The molecule has 1 aliphatic carbocycles. The topological polar surface area (TPSA) is 110 Å². The summed E-state index contributed by atoms with van der Waals surface area (Å²) in [4.78, 5) is 15.0. The fraction of sp³-hybridized carbons (Fsp3) is 0.556. The maximum atomic E-state index is 11.1. The lowest BCUT2D eigenvalue weighted by molar-refractivity contribution is -0.139. The lowest BCUT2D eigenvalue weighted by Crippen LogP contribution is -2.09. The molecule has 2 atom stereocenters. The first kappa shape index (κ1) is 12.5. The Kier molecular flexibility index (Phi) is 2.57. The summed E-state index contributed by atoms with van der Waals surface area (Å²) >= 11 is 0.946. The van der Waals surface area contributed by atoms with Gasteiger partial charge >= 0.3 is 5.97 Å². The molecule has 17 heavy (non-hydrogen) atoms. The molecule has 8 heteroatoms. The van der Waals surface area contributed by atoms with Crippen molar-refractivity contribution in [1.29, 1.82) is 0 Å². The zero-order valence-electron chi connectivity index (χ0n) is 9.25. The van der Waals surface area contributed by atoms with Gasteiger partial charge in [0.2, 0.25) is 10.0 Å². The molecular weight excluding hydrogens is 264 g/mol. The third-order valence-corrected chi connectivity index (χ3v) is 5.63. The zero-order chi connectivity index (χ0) is 13.0. The van der Waals surface area contributed by atoms with Crippen molar-refractivity contribution in [3.8, 4) is 0 Å². The van der Waals surface area contributed by atoms with Crippen LogP contribution < -0.4 is 5.14 Å². The normalized spacial score (nSPS) is 26.8. The summed E-state index contributed by atoms with van der Waals surface area (Å²) in [6.45, 7) is 3.66. The van der Waals surface area contributed by atoms with E-state index in [0.29, 0.717) is 5.01 Å². The lowest BCUT2D eigenvalue weighted by atomic mass is 10.1. The van der Waals surface area contributed by atoms with Crippen molar-refractivity contribution in [3.63, 3.8) is 0 Å². The SMILES string of the molecule is CC1(C)[C@H](C(=O)O)[C@H]1c1ncc(S(N)(=O)=O)s1. The van der Waals surface area contributed by atoms with Crippen LogP contribution in [-0.4, -0.2) is 24.5 Å². The highest BCUT2D eigenvalue weighted by Crippen LogP contribution is 2.64. The molecule has 94 valence electrons. The van der Waals surface area contributed by atoms with Gasteiger partial charge in [0.25, 0.3) is 0 Å². The Morgan fingerprint density at radius 1 is 1.59 bits per heavy atom. The summed E-state index contributed by atoms with van der Waals surface area (Å²) in [7, 11) is -3.75. The molecule has 0 radical (unpaired) electrons. The van der Waals surface area contributed by atoms with Gasteiger partial charge in [-0.15, -0.1) is 11.3 Å². The second-order valence-corrected chi connectivity index (χ2v) is 7.53. The van der Waals surface area contributed by atoms with Crippen LogP contribution in [0.3, 0.4) is 0 Å². The number of carbonyl (C=O) groups is 1. The van der Waals surface area contributed by atoms with E-state index in [0.717, 1.165) is 11.3 Å². The number of sulfonamides is 1. The van der Waals surface area contributed by atoms with E-state index in [1.807, 2.05) is 13.8 Å². The lowest BCUT2D eigenvalue weighted by Gasteiger charge is -1.97. The van der Waals surface area contributed by atoms with E-state index in [2.05, 4.69) is 4.98 Å². The van der Waals surface area contributed by atoms with E-state index in [1.54, 1.807) is 0 Å². The third kappa shape index (κ3) is 1.96. The first-order valence-electron chi connectivity index (χ1n) is 4.87. The van der Waals surface area contributed by atoms with E-state index in [1.165, 1.54) is 6.20 Å². The molecule has 3 N–H and O–H groups in total. The summed E-state index contributed by atoms with van der Waals surface area (Å²) in [6.07, 6.45) is 1.18. The van der Waals surface area contributed by atoms with Gasteiger partial charge in [-0.25, -0.2) is 18.5 Å². The molecule has 6 nitrogen and oxygen atoms in total. The minimum Gasteiger partial charge on any atom is -0.481 e. The molecule has 1 saturated carbocycles. The van der Waals surface area contributed by atoms with Crippen molar-refractivity contribution in [2.45, 2.75) is 24.0 Å². The predicted octanol–water partition coefficient (Wildman–Crippen LogP) is 0.615. The maximum absolute atomic E-state index is 11.1. The van der Waals surface area contributed by atoms with Gasteiger partial charge in [0.05, 0.1) is 17.1 Å². The molecule has 0 unspecified atom stereocenters. The number of rotatable bonds is 3. The molecule has 0 aliphatic heterocycles. The first-order chi connectivity index (χ1) is 7.65. The van der Waals surface area contributed by atoms with Crippen LogP contribution in [0.25, 0.3) is 0 Å². The van der Waals surface area contributed by atoms with E-state index in [9.17, 15) is 13.2 Å². The van der Waals surface area contributed by atoms with E-state index in [-0.39, 0.29) is 15.5 Å². The molecule has 0 spiro atoms. The number of nitrogens with two attached hydrogens (primary N) is 1. The van der Waals surface area contributed by atoms with Crippen LogP contribution in [0.5, 0.6) is 0 Å². The van der Waals surface area contributed by atoms with Gasteiger partial charge in [0.1, 0.15) is 0 Å². The number of thiazole rings is 1. The van der Waals surface area contributed by atoms with E-state index < -0.39 is 21.9 Å². The Bertz CT molecular complexity index is 576. The van der Waals surface area contributed by atoms with Gasteiger partial charge in [-0.2, -0.15) is 0 Å². The summed E-state index contributed by atoms with van der Waals surface area (Å²) in [5, 5.41) is 14.5. The summed E-state index contributed by atoms with van der Waals surface area (Å²) < 4.78 is 22.2. The zero-order valence-corrected chi connectivity index (χ0v) is 10.9. The van der Waals surface area contributed by atoms with Crippen LogP contribution in [-0.2, 0) is 14.8 Å². The minimum atomic E-state index is -3.75. The van der Waals surface area contributed by atoms with Gasteiger partial charge in [-0.3, -0.25) is 4.79 Å². The largest absolute Gasteiger partial charge is 0.481 e. The second-order valence-electron chi connectivity index (χ2n) is 4.68. The molecule has 0 bridgehead atoms. The quantitative estimate of drug-likeness (QED) is 0.840. The predicted molar refractivity (Wildman–Crippen MR) is 61.1 cm³/mol. The molecule has 1 heterocycles. The van der Waals surface area contributed by atoms with Crippen LogP contribution in [0.4, 0.5) is 0 Å². The molecule has 0 aromatic carbocycles. The Morgan fingerprint density at radius 3 is 2.53 bits per heavy atom. The van der Waals surface area contributed by atoms with Gasteiger partial charge in [0.15, 0.2) is 4.21 Å². The van der Waals surface area contributed by atoms with Crippen molar-refractivity contribution in [2.24, 2.45) is 16.5 Å². The van der Waals surface area contributed by atoms with Crippen LogP contribution >= 0.6 is 11.3 Å². The standard InChI is InChI=1S/C9H12N2O4S2/c1-9(2)5(6(9)8(12)13)7-11-3-4(16-7)17(10,14)15/h3,5-6H,1-2H3,(H,12,13)(H2,10,14,15)/t5-,6-/m0/s1. The van der Waals surface area contributed by atoms with E-state index >= 15 is 0 Å². The first-order valence-corrected chi connectivity index (χ1v) is 7.23. The van der Waals surface area contributed by atoms with E-state index in [4.69, 9.17) is 10.2 Å². The number of nitrogens with zero attached hydrogens (tertiary/aromatic N) is 1. The van der Waals surface area contributed by atoms with Gasteiger partial charge in [0, 0.05) is 5.92 Å². The summed E-state index contributed by atoms with van der Waals surface area (Å²) in [5.74, 6) is -1.63. The summed E-state index contributed by atoms with van der Waals surface area (Å²) in [6, 6.07) is 0. The Labute approximate surface area is 103 Å². The van der Waals surface area contributed by atoms with Crippen molar-refractivity contribution in [1.82, 2.24) is 4.98 Å². The number of aliphatic carboxylic acids is 1. The fourth-order valence-corrected chi connectivity index (χ4v) is 4.01. The average molecular weight is 276 g/mol. The monoisotopic (exact) mass is 276 g/mol. The minimum absolute atomic E-state index is 0.0284. The number of carboxylic acids is 1. The Hall–Kier alpha value is -0.990. The Balaban J connectivity index is 2.33. The van der Waals surface area contributed by atoms with Crippen LogP contribution in [0.1, 0.15) is 24.8 Å². The average Bonchev–Trinajstić information content (AvgIpc) is 2.59. The Morgan fingerprint density at radius 2 is 2.18 bits per heavy atom. The highest BCUT2D eigenvalue weighted by Gasteiger charge is 2.64. The highest BCUT2D eigenvalue weighted by atomic mass is 32.2. The molecule has 2 rings (SSSR count). The molecular formula is C9H12N2O4S2. The maximum Gasteiger partial charge on any atom is 0.307 e. The number of primary sulfonamides is 1. The van der Waals surface area contributed by atoms with Crippen LogP contribution in [0, 0.1) is 11.3 Å². The summed E-state index contributed by atoms with van der Waals surface area (Å²) in [5.41, 5.74) is -0.390. The van der Waals surface area contributed by atoms with Crippen molar-refractivity contribution in [2.75, 3.05) is 0 Å². The van der Waals surface area contributed by atoms with Gasteiger partial charge in [-0.1, -0.05) is 13.8 Å². The molecule has 0 saturated heterocycles. The molecule has 1 aromatic rings. The third-order valence-electron chi connectivity index (χ3n) is 3.14. The van der Waals surface area contributed by atoms with Gasteiger partial charge in [-0.05, 0) is 5.41 Å². The number of hydrogen-bond acceptors (Lipinski definition) is 5. The highest BCUT2D eigenvalue weighted by molar-refractivity contribution is 7.91. The van der Waals surface area contributed by atoms with Crippen LogP contribution in [0.2, 0.25) is 0 Å². The van der Waals surface area contributed by atoms with Crippen molar-refractivity contribution >= 4 is 27.3 Å². The molecule has 0 amide bonds.